The van der Waals surface area contributed by atoms with Crippen molar-refractivity contribution in [1.29, 1.82) is 0 Å². The summed E-state index contributed by atoms with van der Waals surface area (Å²) in [7, 11) is -8.09. The van der Waals surface area contributed by atoms with Crippen LogP contribution in [-0.4, -0.2) is 29.0 Å². The number of halogens is 1. The van der Waals surface area contributed by atoms with E-state index in [-0.39, 0.29) is 5.76 Å². The highest BCUT2D eigenvalue weighted by Gasteiger charge is 2.23. The summed E-state index contributed by atoms with van der Waals surface area (Å²) in [4.78, 5) is 11.3. The Morgan fingerprint density at radius 2 is 1.83 bits per heavy atom. The molecule has 0 fully saturated rings. The minimum Gasteiger partial charge on any atom is -0.459 e. The summed E-state index contributed by atoms with van der Waals surface area (Å²) in [5.74, 6) is -2.30. The molecule has 0 aliphatic heterocycles. The molecule has 1 aromatic heterocycles. The fraction of sp³-hybridized carbons (Fsp3) is 0.154. The molecular formula is C13H13FN2O6S2. The first kappa shape index (κ1) is 17.9. The summed E-state index contributed by atoms with van der Waals surface area (Å²) in [5.41, 5.74) is 0.0197. The number of sulfonamides is 2. The van der Waals surface area contributed by atoms with Crippen molar-refractivity contribution in [3.05, 3.63) is 47.7 Å². The Bertz CT molecular complexity index is 995. The summed E-state index contributed by atoms with van der Waals surface area (Å²) in [5, 5.41) is 0. The second kappa shape index (κ2) is 6.24. The Hall–Kier alpha value is -2.40. The first-order valence-electron chi connectivity index (χ1n) is 6.38. The third kappa shape index (κ3) is 4.11. The van der Waals surface area contributed by atoms with Gasteiger partial charge in [-0.15, -0.1) is 0 Å². The van der Waals surface area contributed by atoms with Gasteiger partial charge in [-0.2, -0.15) is 0 Å². The summed E-state index contributed by atoms with van der Waals surface area (Å²) in [6.45, 7) is 1.55. The zero-order valence-corrected chi connectivity index (χ0v) is 14.2. The van der Waals surface area contributed by atoms with Gasteiger partial charge in [0, 0.05) is 5.56 Å². The van der Waals surface area contributed by atoms with Crippen molar-refractivity contribution in [3.8, 4) is 0 Å². The van der Waals surface area contributed by atoms with Crippen molar-refractivity contribution in [1.82, 2.24) is 4.72 Å². The normalized spacial score (nSPS) is 12.0. The molecule has 2 N–H and O–H groups in total. The van der Waals surface area contributed by atoms with Gasteiger partial charge in [0.05, 0.1) is 23.1 Å². The summed E-state index contributed by atoms with van der Waals surface area (Å²) in [6.07, 6.45) is 2.05. The van der Waals surface area contributed by atoms with E-state index in [1.807, 2.05) is 4.72 Å². The van der Waals surface area contributed by atoms with Gasteiger partial charge < -0.3 is 4.42 Å². The first-order chi connectivity index (χ1) is 11.0. The maximum Gasteiger partial charge on any atom is 0.300 e. The summed E-state index contributed by atoms with van der Waals surface area (Å²) in [6, 6.07) is 3.97. The van der Waals surface area contributed by atoms with Crippen LogP contribution in [0.5, 0.6) is 0 Å². The van der Waals surface area contributed by atoms with E-state index in [0.717, 1.165) is 18.4 Å². The lowest BCUT2D eigenvalue weighted by molar-refractivity contribution is 0.0953. The molecule has 0 atom stereocenters. The van der Waals surface area contributed by atoms with E-state index < -0.39 is 42.4 Å². The highest BCUT2D eigenvalue weighted by Crippen LogP contribution is 2.20. The molecule has 0 saturated carbocycles. The molecule has 1 amide bonds. The molecule has 1 heterocycles. The van der Waals surface area contributed by atoms with Crippen LogP contribution in [-0.2, 0) is 20.0 Å². The Morgan fingerprint density at radius 1 is 1.17 bits per heavy atom. The zero-order valence-electron chi connectivity index (χ0n) is 12.5. The molecule has 1 aromatic carbocycles. The monoisotopic (exact) mass is 376 g/mol. The quantitative estimate of drug-likeness (QED) is 0.809. The molecule has 0 aliphatic rings. The number of rotatable bonds is 5. The minimum atomic E-state index is -4.36. The second-order valence-electron chi connectivity index (χ2n) is 4.88. The average Bonchev–Trinajstić information content (AvgIpc) is 2.85. The molecular weight excluding hydrogens is 363 g/mol. The Morgan fingerprint density at radius 3 is 2.33 bits per heavy atom. The lowest BCUT2D eigenvalue weighted by atomic mass is 10.3. The van der Waals surface area contributed by atoms with E-state index in [1.165, 1.54) is 12.3 Å². The van der Waals surface area contributed by atoms with Gasteiger partial charge in [0.1, 0.15) is 5.82 Å². The van der Waals surface area contributed by atoms with Crippen LogP contribution in [0, 0.1) is 12.7 Å². The average molecular weight is 376 g/mol. The van der Waals surface area contributed by atoms with Gasteiger partial charge in [0.25, 0.3) is 10.0 Å². The Balaban J connectivity index is 2.28. The molecule has 11 heteroatoms. The summed E-state index contributed by atoms with van der Waals surface area (Å²) < 4.78 is 68.8. The number of carbonyl (C=O) groups excluding carboxylic acids is 1. The van der Waals surface area contributed by atoms with Crippen LogP contribution in [0.2, 0.25) is 0 Å². The molecule has 24 heavy (non-hydrogen) atoms. The zero-order chi connectivity index (χ0) is 18.1. The predicted molar refractivity (Wildman–Crippen MR) is 83.0 cm³/mol. The number of hydrogen-bond acceptors (Lipinski definition) is 6. The molecule has 0 unspecified atom stereocenters. The molecule has 0 saturated heterocycles. The number of amides is 1. The molecule has 8 nitrogen and oxygen atoms in total. The number of benzene rings is 1. The van der Waals surface area contributed by atoms with Crippen molar-refractivity contribution in [2.24, 2.45) is 0 Å². The van der Waals surface area contributed by atoms with Crippen molar-refractivity contribution in [3.63, 3.8) is 0 Å². The number of carbonyl (C=O) groups is 1. The van der Waals surface area contributed by atoms with E-state index in [0.29, 0.717) is 11.6 Å². The molecule has 2 aromatic rings. The van der Waals surface area contributed by atoms with Gasteiger partial charge in [-0.05, 0) is 31.2 Å². The number of furan rings is 1. The highest BCUT2D eigenvalue weighted by atomic mass is 32.2. The number of hydrogen-bond donors (Lipinski definition) is 2. The van der Waals surface area contributed by atoms with Crippen molar-refractivity contribution >= 4 is 31.6 Å². The van der Waals surface area contributed by atoms with Crippen molar-refractivity contribution < 1.29 is 30.4 Å². The largest absolute Gasteiger partial charge is 0.459 e. The van der Waals surface area contributed by atoms with Crippen LogP contribution < -0.4 is 9.44 Å². The van der Waals surface area contributed by atoms with E-state index >= 15 is 0 Å². The fourth-order valence-electron chi connectivity index (χ4n) is 1.78. The third-order valence-corrected chi connectivity index (χ3v) is 4.76. The Kier molecular flexibility index (Phi) is 4.67. The van der Waals surface area contributed by atoms with Crippen LogP contribution in [0.15, 0.2) is 39.8 Å². The van der Waals surface area contributed by atoms with Gasteiger partial charge in [0.2, 0.25) is 10.0 Å². The maximum absolute atomic E-state index is 13.9. The molecule has 2 rings (SSSR count). The van der Waals surface area contributed by atoms with E-state index in [4.69, 9.17) is 4.42 Å². The van der Waals surface area contributed by atoms with Crippen LogP contribution in [0.25, 0.3) is 0 Å². The highest BCUT2D eigenvalue weighted by molar-refractivity contribution is 7.92. The van der Waals surface area contributed by atoms with Crippen LogP contribution in [0.4, 0.5) is 10.1 Å². The van der Waals surface area contributed by atoms with Crippen molar-refractivity contribution in [2.45, 2.75) is 11.8 Å². The molecule has 0 spiro atoms. The topological polar surface area (TPSA) is 123 Å². The molecule has 130 valence electrons. The van der Waals surface area contributed by atoms with Crippen molar-refractivity contribution in [2.75, 3.05) is 11.0 Å². The number of anilines is 1. The minimum absolute atomic E-state index is 0.186. The first-order valence-corrected chi connectivity index (χ1v) is 9.75. The van der Waals surface area contributed by atoms with Gasteiger partial charge in [-0.1, -0.05) is 0 Å². The van der Waals surface area contributed by atoms with Gasteiger partial charge >= 0.3 is 5.91 Å². The smallest absolute Gasteiger partial charge is 0.300 e. The fourth-order valence-corrected chi connectivity index (χ4v) is 3.30. The summed E-state index contributed by atoms with van der Waals surface area (Å²) >= 11 is 0. The third-order valence-electron chi connectivity index (χ3n) is 2.84. The number of nitrogens with one attached hydrogen (secondary N) is 2. The van der Waals surface area contributed by atoms with E-state index in [2.05, 4.69) is 0 Å². The standard InChI is InChI=1S/C13H13FN2O6S2/c1-8-5-6-22-12(8)13(17)16-24(20,21)9-3-4-11(10(14)7-9)15-23(2,18)19/h3-7,15H,1-2H3,(H,16,17). The SMILES string of the molecule is Cc1ccoc1C(=O)NS(=O)(=O)c1ccc(NS(C)(=O)=O)c(F)c1. The van der Waals surface area contributed by atoms with E-state index in [9.17, 15) is 26.0 Å². The molecule has 0 radical (unpaired) electrons. The lowest BCUT2D eigenvalue weighted by Crippen LogP contribution is -2.30. The lowest BCUT2D eigenvalue weighted by Gasteiger charge is -2.09. The maximum atomic E-state index is 13.9. The van der Waals surface area contributed by atoms with E-state index in [1.54, 1.807) is 11.6 Å². The predicted octanol–water partition coefficient (Wildman–Crippen LogP) is 1.22. The van der Waals surface area contributed by atoms with Gasteiger partial charge in [0.15, 0.2) is 5.76 Å². The van der Waals surface area contributed by atoms with Crippen LogP contribution in [0.1, 0.15) is 16.1 Å². The van der Waals surface area contributed by atoms with Crippen LogP contribution in [0.3, 0.4) is 0 Å². The second-order valence-corrected chi connectivity index (χ2v) is 8.31. The van der Waals surface area contributed by atoms with Gasteiger partial charge in [-0.25, -0.2) is 25.9 Å². The van der Waals surface area contributed by atoms with Crippen LogP contribution >= 0.6 is 0 Å². The Labute approximate surface area is 137 Å². The molecule has 0 aliphatic carbocycles. The van der Waals surface area contributed by atoms with Gasteiger partial charge in [-0.3, -0.25) is 9.52 Å². The number of aryl methyl sites for hydroxylation is 1. The molecule has 0 bridgehead atoms.